The molecule has 0 aliphatic carbocycles. The first-order valence-electron chi connectivity index (χ1n) is 11.7. The third kappa shape index (κ3) is 4.69. The van der Waals surface area contributed by atoms with E-state index in [1.54, 1.807) is 32.2 Å². The summed E-state index contributed by atoms with van der Waals surface area (Å²) in [5.74, 6) is 0.305. The van der Waals surface area contributed by atoms with Crippen molar-refractivity contribution in [3.8, 4) is 22.6 Å². The Morgan fingerprint density at radius 1 is 0.917 bits per heavy atom. The highest BCUT2D eigenvalue weighted by Crippen LogP contribution is 2.40. The van der Waals surface area contributed by atoms with Gasteiger partial charge in [-0.3, -0.25) is 19.3 Å². The number of likely N-dealkylation sites (tertiary alicyclic amines) is 1. The maximum Gasteiger partial charge on any atom is 0.240 e. The van der Waals surface area contributed by atoms with Crippen molar-refractivity contribution in [3.63, 3.8) is 0 Å². The molecule has 0 saturated carbocycles. The summed E-state index contributed by atoms with van der Waals surface area (Å²) in [5.41, 5.74) is 2.34. The summed E-state index contributed by atoms with van der Waals surface area (Å²) in [6.45, 7) is 0.320. The molecule has 1 saturated heterocycles. The quantitative estimate of drug-likeness (QED) is 0.449. The number of amides is 3. The predicted molar refractivity (Wildman–Crippen MR) is 137 cm³/mol. The van der Waals surface area contributed by atoms with Crippen LogP contribution in [0.2, 0.25) is 0 Å². The minimum atomic E-state index is -1.23. The summed E-state index contributed by atoms with van der Waals surface area (Å²) < 4.78 is 10.6. The molecule has 0 N–H and O–H groups in total. The SMILES string of the molecule is COc1ccc(CN(C)C(=O)CC2(c3ccc(-c4ccccc4)cc3)CC(=O)N(C)C2=O)cc1OC. The van der Waals surface area contributed by atoms with Gasteiger partial charge in [0.05, 0.1) is 19.6 Å². The molecule has 0 aromatic heterocycles. The van der Waals surface area contributed by atoms with E-state index in [1.165, 1.54) is 7.05 Å². The molecule has 1 aliphatic heterocycles. The van der Waals surface area contributed by atoms with Crippen LogP contribution < -0.4 is 9.47 Å². The average molecular weight is 487 g/mol. The van der Waals surface area contributed by atoms with Crippen LogP contribution in [0.15, 0.2) is 72.8 Å². The summed E-state index contributed by atoms with van der Waals surface area (Å²) in [6, 6.07) is 22.9. The molecular weight excluding hydrogens is 456 g/mol. The fraction of sp³-hybridized carbons (Fsp3) is 0.276. The van der Waals surface area contributed by atoms with Crippen LogP contribution in [0.25, 0.3) is 11.1 Å². The lowest BCUT2D eigenvalue weighted by Crippen LogP contribution is -2.41. The number of ether oxygens (including phenoxy) is 2. The van der Waals surface area contributed by atoms with Gasteiger partial charge in [0, 0.05) is 33.5 Å². The number of carbonyl (C=O) groups excluding carboxylic acids is 3. The second-order valence-electron chi connectivity index (χ2n) is 9.08. The maximum absolute atomic E-state index is 13.4. The number of imide groups is 1. The van der Waals surface area contributed by atoms with Crippen LogP contribution in [0.3, 0.4) is 0 Å². The molecule has 0 bridgehead atoms. The number of likely N-dealkylation sites (N-methyl/N-ethyl adjacent to an activating group) is 1. The van der Waals surface area contributed by atoms with Gasteiger partial charge in [0.15, 0.2) is 11.5 Å². The van der Waals surface area contributed by atoms with E-state index >= 15 is 0 Å². The molecule has 3 amide bonds. The van der Waals surface area contributed by atoms with Crippen molar-refractivity contribution >= 4 is 17.7 Å². The van der Waals surface area contributed by atoms with E-state index in [2.05, 4.69) is 0 Å². The van der Waals surface area contributed by atoms with Gasteiger partial charge in [-0.2, -0.15) is 0 Å². The Labute approximate surface area is 211 Å². The number of methoxy groups -OCH3 is 2. The first-order valence-corrected chi connectivity index (χ1v) is 11.7. The molecule has 1 unspecified atom stereocenters. The van der Waals surface area contributed by atoms with E-state index in [1.807, 2.05) is 66.7 Å². The Balaban J connectivity index is 1.59. The number of rotatable bonds is 8. The van der Waals surface area contributed by atoms with Crippen LogP contribution in [0.4, 0.5) is 0 Å². The number of hydrogen-bond acceptors (Lipinski definition) is 5. The molecule has 4 rings (SSSR count). The molecule has 1 fully saturated rings. The smallest absolute Gasteiger partial charge is 0.240 e. The van der Waals surface area contributed by atoms with Crippen molar-refractivity contribution in [1.29, 1.82) is 0 Å². The van der Waals surface area contributed by atoms with Crippen molar-refractivity contribution in [1.82, 2.24) is 9.80 Å². The van der Waals surface area contributed by atoms with Crippen molar-refractivity contribution < 1.29 is 23.9 Å². The molecule has 1 heterocycles. The molecule has 0 radical (unpaired) electrons. The molecule has 186 valence electrons. The summed E-state index contributed by atoms with van der Waals surface area (Å²) >= 11 is 0. The fourth-order valence-corrected chi connectivity index (χ4v) is 4.70. The zero-order valence-corrected chi connectivity index (χ0v) is 21.0. The summed E-state index contributed by atoms with van der Waals surface area (Å²) in [5, 5.41) is 0. The molecule has 3 aromatic rings. The molecule has 7 nitrogen and oxygen atoms in total. The summed E-state index contributed by atoms with van der Waals surface area (Å²) in [4.78, 5) is 42.1. The lowest BCUT2D eigenvalue weighted by Gasteiger charge is -2.29. The van der Waals surface area contributed by atoms with Gasteiger partial charge in [0.1, 0.15) is 0 Å². The van der Waals surface area contributed by atoms with Crippen LogP contribution in [0.5, 0.6) is 11.5 Å². The Bertz CT molecular complexity index is 1270. The van der Waals surface area contributed by atoms with E-state index < -0.39 is 5.41 Å². The predicted octanol–water partition coefficient (Wildman–Crippen LogP) is 4.05. The van der Waals surface area contributed by atoms with E-state index in [9.17, 15) is 14.4 Å². The third-order valence-electron chi connectivity index (χ3n) is 6.83. The standard InChI is InChI=1S/C29H30N2O5/c1-30(19-20-10-15-24(35-3)25(16-20)36-4)26(32)17-29(18-27(33)31(2)28(29)34)23-13-11-22(12-14-23)21-8-6-5-7-9-21/h5-16H,17-19H2,1-4H3. The van der Waals surface area contributed by atoms with Gasteiger partial charge in [-0.1, -0.05) is 60.7 Å². The molecule has 1 aliphatic rings. The van der Waals surface area contributed by atoms with Crippen LogP contribution in [-0.4, -0.2) is 55.8 Å². The van der Waals surface area contributed by atoms with Gasteiger partial charge >= 0.3 is 0 Å². The molecule has 3 aromatic carbocycles. The summed E-state index contributed by atoms with van der Waals surface area (Å²) in [7, 11) is 6.29. The Morgan fingerprint density at radius 2 is 1.56 bits per heavy atom. The van der Waals surface area contributed by atoms with Gasteiger partial charge in [0.25, 0.3) is 0 Å². The topological polar surface area (TPSA) is 76.2 Å². The number of nitrogens with zero attached hydrogens (tertiary/aromatic N) is 2. The van der Waals surface area contributed by atoms with Crippen LogP contribution in [0.1, 0.15) is 24.0 Å². The first-order chi connectivity index (χ1) is 17.3. The fourth-order valence-electron chi connectivity index (χ4n) is 4.70. The van der Waals surface area contributed by atoms with Crippen LogP contribution >= 0.6 is 0 Å². The molecule has 0 spiro atoms. The van der Waals surface area contributed by atoms with Crippen LogP contribution in [0, 0.1) is 0 Å². The van der Waals surface area contributed by atoms with Gasteiger partial charge in [0.2, 0.25) is 17.7 Å². The monoisotopic (exact) mass is 486 g/mol. The highest BCUT2D eigenvalue weighted by Gasteiger charge is 2.52. The Kier molecular flexibility index (Phi) is 7.10. The largest absolute Gasteiger partial charge is 0.493 e. The third-order valence-corrected chi connectivity index (χ3v) is 6.83. The second kappa shape index (κ2) is 10.2. The zero-order chi connectivity index (χ0) is 25.9. The van der Waals surface area contributed by atoms with E-state index in [0.29, 0.717) is 23.6 Å². The van der Waals surface area contributed by atoms with Crippen molar-refractivity contribution in [2.45, 2.75) is 24.8 Å². The highest BCUT2D eigenvalue weighted by molar-refractivity contribution is 6.10. The molecule has 7 heteroatoms. The molecule has 1 atom stereocenters. The average Bonchev–Trinajstić information content (AvgIpc) is 3.13. The second-order valence-corrected chi connectivity index (χ2v) is 9.08. The Hall–Kier alpha value is -4.13. The Morgan fingerprint density at radius 3 is 2.14 bits per heavy atom. The van der Waals surface area contributed by atoms with Crippen molar-refractivity contribution in [2.75, 3.05) is 28.3 Å². The van der Waals surface area contributed by atoms with Crippen molar-refractivity contribution in [3.05, 3.63) is 83.9 Å². The van der Waals surface area contributed by atoms with Gasteiger partial charge < -0.3 is 14.4 Å². The number of carbonyl (C=O) groups is 3. The molecular formula is C29H30N2O5. The first kappa shape index (κ1) is 25.0. The number of benzene rings is 3. The van der Waals surface area contributed by atoms with E-state index in [0.717, 1.165) is 21.6 Å². The maximum atomic E-state index is 13.4. The number of hydrogen-bond donors (Lipinski definition) is 0. The minimum Gasteiger partial charge on any atom is -0.493 e. The van der Waals surface area contributed by atoms with Gasteiger partial charge in [-0.05, 0) is 34.4 Å². The highest BCUT2D eigenvalue weighted by atomic mass is 16.5. The van der Waals surface area contributed by atoms with E-state index in [4.69, 9.17) is 9.47 Å². The van der Waals surface area contributed by atoms with Gasteiger partial charge in [-0.25, -0.2) is 0 Å². The van der Waals surface area contributed by atoms with Crippen molar-refractivity contribution in [2.24, 2.45) is 0 Å². The lowest BCUT2D eigenvalue weighted by molar-refractivity contribution is -0.141. The van der Waals surface area contributed by atoms with Gasteiger partial charge in [-0.15, -0.1) is 0 Å². The zero-order valence-electron chi connectivity index (χ0n) is 21.0. The summed E-state index contributed by atoms with van der Waals surface area (Å²) in [6.07, 6.45) is -0.140. The molecule has 36 heavy (non-hydrogen) atoms. The van der Waals surface area contributed by atoms with Crippen LogP contribution in [-0.2, 0) is 26.3 Å². The normalized spacial score (nSPS) is 17.3. The minimum absolute atomic E-state index is 0.0387. The van der Waals surface area contributed by atoms with E-state index in [-0.39, 0.29) is 30.6 Å². The lowest BCUT2D eigenvalue weighted by atomic mass is 9.75.